The minimum atomic E-state index is -1.21. The standard InChI is InChI=1S/C64H58N8/c1-60(2,3)50-41-27-19-20-28-42(41)51(61(4,5)6)52-49(50)57-67-55-46-32-38-24-16-18-26-40(38)34-48(46)59(69-55)72(63(10,11)12)58-47-33-39-25-17-15-23-37(39)31-45(47)54(68-58)65-53-43-29-35-21-13-14-22-36(35)30-44(43)56(66-53)70-64(52,71-57)62(7,8)9/h13-34H,1-12H3. The highest BCUT2D eigenvalue weighted by molar-refractivity contribution is 6.36. The summed E-state index contributed by atoms with van der Waals surface area (Å²) < 4.78 is 0. The fourth-order valence-electron chi connectivity index (χ4n) is 12.0. The van der Waals surface area contributed by atoms with Crippen LogP contribution in [0, 0.1) is 5.41 Å². The average Bonchev–Trinajstić information content (AvgIpc) is 4.04. The second kappa shape index (κ2) is 14.7. The van der Waals surface area contributed by atoms with Gasteiger partial charge in [0.15, 0.2) is 34.8 Å². The average molecular weight is 939 g/mol. The van der Waals surface area contributed by atoms with Gasteiger partial charge in [0.05, 0.1) is 0 Å². The van der Waals surface area contributed by atoms with Crippen molar-refractivity contribution < 1.29 is 0 Å². The SMILES string of the molecule is CC(C)(C)c1c2c(c(C(C)(C)C)c3ccccc13)C1(C(C)(C)C)N=C3N=C(N=C4N=C(c5cc6ccccc6cc54)N(C(C)(C)C)C4=NC(=NC2=N1)c1cc2ccccc2cc14)c1cc2ccccc2cc13. The highest BCUT2D eigenvalue weighted by Gasteiger charge is 2.55. The number of aliphatic imine (C=N–C) groups is 7. The Morgan fingerprint density at radius 2 is 0.694 bits per heavy atom. The van der Waals surface area contributed by atoms with Gasteiger partial charge in [-0.2, -0.15) is 0 Å². The quantitative estimate of drug-likeness (QED) is 0.149. The maximum absolute atomic E-state index is 6.08. The number of rotatable bonds is 0. The second-order valence-electron chi connectivity index (χ2n) is 24.3. The van der Waals surface area contributed by atoms with Crippen molar-refractivity contribution >= 4 is 83.9 Å². The van der Waals surface area contributed by atoms with E-state index in [2.05, 4.69) is 221 Å². The maximum Gasteiger partial charge on any atom is 0.186 e. The van der Waals surface area contributed by atoms with Gasteiger partial charge in [-0.3, -0.25) is 0 Å². The van der Waals surface area contributed by atoms with Crippen LogP contribution in [0.5, 0.6) is 0 Å². The summed E-state index contributed by atoms with van der Waals surface area (Å²) >= 11 is 0. The van der Waals surface area contributed by atoms with Gasteiger partial charge in [0.25, 0.3) is 0 Å². The molecular weight excluding hydrogens is 881 g/mol. The molecule has 0 radical (unpaired) electrons. The van der Waals surface area contributed by atoms with Crippen LogP contribution in [0.1, 0.15) is 139 Å². The number of hydrogen-bond acceptors (Lipinski definition) is 8. The third-order valence-corrected chi connectivity index (χ3v) is 15.1. The van der Waals surface area contributed by atoms with Crippen molar-refractivity contribution in [2.24, 2.45) is 40.4 Å². The van der Waals surface area contributed by atoms with Gasteiger partial charge in [0, 0.05) is 55.5 Å². The van der Waals surface area contributed by atoms with Gasteiger partial charge in [-0.1, -0.05) is 159 Å². The molecule has 8 nitrogen and oxygen atoms in total. The van der Waals surface area contributed by atoms with Crippen LogP contribution in [-0.2, 0) is 16.5 Å². The smallest absolute Gasteiger partial charge is 0.186 e. The fraction of sp³-hybridized carbons (Fsp3) is 0.266. The molecule has 354 valence electrons. The van der Waals surface area contributed by atoms with E-state index in [1.165, 1.54) is 21.9 Å². The fourth-order valence-corrected chi connectivity index (χ4v) is 12.0. The molecule has 0 saturated carbocycles. The molecular formula is C64H58N8. The van der Waals surface area contributed by atoms with Crippen LogP contribution in [0.25, 0.3) is 43.1 Å². The summed E-state index contributed by atoms with van der Waals surface area (Å²) in [6.07, 6.45) is 0. The molecule has 1 unspecified atom stereocenters. The molecule has 8 aromatic rings. The molecule has 8 heteroatoms. The number of benzene rings is 8. The van der Waals surface area contributed by atoms with Crippen molar-refractivity contribution in [2.45, 2.75) is 105 Å². The summed E-state index contributed by atoms with van der Waals surface area (Å²) in [7, 11) is 0. The lowest BCUT2D eigenvalue weighted by molar-refractivity contribution is 0.203. The summed E-state index contributed by atoms with van der Waals surface area (Å²) in [6, 6.07) is 48.0. The molecule has 0 saturated heterocycles. The summed E-state index contributed by atoms with van der Waals surface area (Å²) in [6.45, 7) is 27.4. The third-order valence-electron chi connectivity index (χ3n) is 15.1. The maximum atomic E-state index is 6.08. The Morgan fingerprint density at radius 1 is 0.361 bits per heavy atom. The summed E-state index contributed by atoms with van der Waals surface area (Å²) in [4.78, 5) is 42.9. The normalized spacial score (nSPS) is 18.3. The Morgan fingerprint density at radius 3 is 1.11 bits per heavy atom. The molecule has 72 heavy (non-hydrogen) atoms. The molecule has 0 amide bonds. The lowest BCUT2D eigenvalue weighted by Crippen LogP contribution is -2.49. The molecule has 5 heterocycles. The Kier molecular flexibility index (Phi) is 9.03. The van der Waals surface area contributed by atoms with Gasteiger partial charge < -0.3 is 4.90 Å². The van der Waals surface area contributed by atoms with Crippen molar-refractivity contribution in [3.63, 3.8) is 0 Å². The Hall–Kier alpha value is -7.71. The van der Waals surface area contributed by atoms with Crippen LogP contribution in [0.3, 0.4) is 0 Å². The zero-order chi connectivity index (χ0) is 50.0. The summed E-state index contributed by atoms with van der Waals surface area (Å²) in [5.41, 5.74) is 7.13. The molecule has 0 N–H and O–H groups in total. The first-order valence-electron chi connectivity index (χ1n) is 25.3. The molecule has 0 spiro atoms. The van der Waals surface area contributed by atoms with Gasteiger partial charge in [0.2, 0.25) is 0 Å². The number of amidine groups is 7. The number of fused-ring (bicyclic) bond motifs is 20. The van der Waals surface area contributed by atoms with Gasteiger partial charge in [-0.15, -0.1) is 0 Å². The van der Waals surface area contributed by atoms with Crippen molar-refractivity contribution in [1.82, 2.24) is 4.90 Å². The molecule has 8 aromatic carbocycles. The molecule has 13 rings (SSSR count). The second-order valence-corrected chi connectivity index (χ2v) is 24.3. The molecule has 0 aliphatic carbocycles. The Balaban J connectivity index is 1.25. The van der Waals surface area contributed by atoms with Gasteiger partial charge in [-0.05, 0) is 122 Å². The van der Waals surface area contributed by atoms with Gasteiger partial charge in [-0.25, -0.2) is 34.9 Å². The largest absolute Gasteiger partial charge is 0.304 e. The predicted octanol–water partition coefficient (Wildman–Crippen LogP) is 14.6. The van der Waals surface area contributed by atoms with Crippen LogP contribution in [-0.4, -0.2) is 51.3 Å². The highest BCUT2D eigenvalue weighted by atomic mass is 15.3. The minimum absolute atomic E-state index is 0.336. The van der Waals surface area contributed by atoms with E-state index in [0.29, 0.717) is 29.2 Å². The summed E-state index contributed by atoms with van der Waals surface area (Å²) in [5, 5.41) is 9.05. The topological polar surface area (TPSA) is 89.8 Å². The minimum Gasteiger partial charge on any atom is -0.304 e. The molecule has 5 aliphatic heterocycles. The van der Waals surface area contributed by atoms with E-state index in [4.69, 9.17) is 34.9 Å². The van der Waals surface area contributed by atoms with Crippen LogP contribution in [0.4, 0.5) is 0 Å². The zero-order valence-corrected chi connectivity index (χ0v) is 43.3. The van der Waals surface area contributed by atoms with Gasteiger partial charge in [0.1, 0.15) is 11.7 Å². The monoisotopic (exact) mass is 938 g/mol. The van der Waals surface area contributed by atoms with Crippen molar-refractivity contribution in [2.75, 3.05) is 0 Å². The van der Waals surface area contributed by atoms with E-state index in [1.807, 2.05) is 0 Å². The predicted molar refractivity (Wildman–Crippen MR) is 302 cm³/mol. The molecule has 1 atom stereocenters. The van der Waals surface area contributed by atoms with E-state index in [-0.39, 0.29) is 10.8 Å². The molecule has 0 aromatic heterocycles. The van der Waals surface area contributed by atoms with E-state index in [9.17, 15) is 0 Å². The van der Waals surface area contributed by atoms with E-state index in [0.717, 1.165) is 88.5 Å². The molecule has 5 aliphatic rings. The first-order valence-corrected chi connectivity index (χ1v) is 25.3. The van der Waals surface area contributed by atoms with E-state index >= 15 is 0 Å². The van der Waals surface area contributed by atoms with Crippen molar-refractivity contribution in [3.8, 4) is 0 Å². The lowest BCUT2D eigenvalue weighted by atomic mass is 9.66. The van der Waals surface area contributed by atoms with Crippen molar-refractivity contribution in [3.05, 3.63) is 189 Å². The lowest BCUT2D eigenvalue weighted by Gasteiger charge is -2.41. The van der Waals surface area contributed by atoms with Crippen LogP contribution in [0.15, 0.2) is 168 Å². The van der Waals surface area contributed by atoms with E-state index in [1.54, 1.807) is 0 Å². The van der Waals surface area contributed by atoms with Gasteiger partial charge >= 0.3 is 0 Å². The first kappa shape index (κ1) is 44.2. The summed E-state index contributed by atoms with van der Waals surface area (Å²) in [5.74, 6) is 4.50. The third kappa shape index (κ3) is 6.39. The van der Waals surface area contributed by atoms with Crippen LogP contribution in [0.2, 0.25) is 0 Å². The number of nitrogens with zero attached hydrogens (tertiary/aromatic N) is 8. The zero-order valence-electron chi connectivity index (χ0n) is 43.3. The van der Waals surface area contributed by atoms with Crippen molar-refractivity contribution in [1.29, 1.82) is 0 Å². The number of hydrogen-bond donors (Lipinski definition) is 0. The van der Waals surface area contributed by atoms with Crippen LogP contribution >= 0.6 is 0 Å². The first-order chi connectivity index (χ1) is 34.2. The molecule has 0 fully saturated rings. The van der Waals surface area contributed by atoms with Crippen LogP contribution < -0.4 is 0 Å². The van der Waals surface area contributed by atoms with E-state index < -0.39 is 16.6 Å². The Labute approximate surface area is 421 Å². The molecule has 8 bridgehead atoms. The Bertz CT molecular complexity index is 4010. The highest BCUT2D eigenvalue weighted by Crippen LogP contribution is 2.57.